The first-order chi connectivity index (χ1) is 23.2. The summed E-state index contributed by atoms with van der Waals surface area (Å²) in [6, 6.07) is 7.66. The number of benzene rings is 1. The summed E-state index contributed by atoms with van der Waals surface area (Å²) in [7, 11) is 0. The van der Waals surface area contributed by atoms with Crippen LogP contribution in [0.3, 0.4) is 0 Å². The molecular formula is C38H53N3O7. The lowest BCUT2D eigenvalue weighted by molar-refractivity contribution is -0.161. The standard InChI is InChI=1S/C38H53N3O7/c1-5-7-18-31(43)39-23-30(26-14-10-8-11-15-26)47-37(46)32-29-19-20-38(48-29)33(32)35(44)41(28(24-42)22-25(3)4)34(38)36(45)40(21-6-2)27-16-12-9-13-17-27/h5-6,8,10-11,14-15,25,27-30,32-34,42H,1-2,7,9,12-13,16-24H2,3-4H3,(H,39,43)/t28-,29+,30-,32-,33-,34+,38-/m1/s1. The van der Waals surface area contributed by atoms with Crippen LogP contribution in [0.4, 0.5) is 0 Å². The number of hydrogen-bond donors (Lipinski definition) is 2. The first kappa shape index (κ1) is 35.8. The van der Waals surface area contributed by atoms with Crippen LogP contribution < -0.4 is 5.32 Å². The average Bonchev–Trinajstić information content (AvgIpc) is 3.74. The Bertz CT molecular complexity index is 1330. The molecule has 2 bridgehead atoms. The van der Waals surface area contributed by atoms with Gasteiger partial charge in [0.2, 0.25) is 17.7 Å². The molecule has 10 nitrogen and oxygen atoms in total. The summed E-state index contributed by atoms with van der Waals surface area (Å²) in [4.78, 5) is 59.7. The van der Waals surface area contributed by atoms with Gasteiger partial charge in [-0.3, -0.25) is 19.2 Å². The molecule has 4 aliphatic rings. The Morgan fingerprint density at radius 2 is 1.85 bits per heavy atom. The highest BCUT2D eigenvalue weighted by Gasteiger charge is 2.75. The van der Waals surface area contributed by atoms with Crippen molar-refractivity contribution in [3.63, 3.8) is 0 Å². The van der Waals surface area contributed by atoms with Gasteiger partial charge in [0.25, 0.3) is 0 Å². The second kappa shape index (κ2) is 15.8. The van der Waals surface area contributed by atoms with Gasteiger partial charge < -0.3 is 29.7 Å². The van der Waals surface area contributed by atoms with Crippen LogP contribution in [0.1, 0.15) is 89.7 Å². The molecule has 262 valence electrons. The normalized spacial score (nSPS) is 27.8. The Labute approximate surface area is 284 Å². The zero-order chi connectivity index (χ0) is 34.4. The zero-order valence-electron chi connectivity index (χ0n) is 28.6. The van der Waals surface area contributed by atoms with E-state index in [0.29, 0.717) is 37.8 Å². The number of carbonyl (C=O) groups excluding carboxylic acids is 4. The van der Waals surface area contributed by atoms with Gasteiger partial charge in [-0.05, 0) is 50.0 Å². The van der Waals surface area contributed by atoms with E-state index in [1.54, 1.807) is 17.1 Å². The number of allylic oxidation sites excluding steroid dienone is 1. The van der Waals surface area contributed by atoms with E-state index < -0.39 is 47.7 Å². The van der Waals surface area contributed by atoms with Gasteiger partial charge in [-0.25, -0.2) is 0 Å². The summed E-state index contributed by atoms with van der Waals surface area (Å²) < 4.78 is 12.9. The summed E-state index contributed by atoms with van der Waals surface area (Å²) in [6.07, 6.45) is 9.26. The van der Waals surface area contributed by atoms with Crippen molar-refractivity contribution in [1.29, 1.82) is 0 Å². The molecule has 0 aromatic heterocycles. The smallest absolute Gasteiger partial charge is 0.313 e. The van der Waals surface area contributed by atoms with Gasteiger partial charge in [0.1, 0.15) is 17.7 Å². The number of amides is 3. The zero-order valence-corrected chi connectivity index (χ0v) is 28.6. The molecule has 3 amide bonds. The van der Waals surface area contributed by atoms with Crippen LogP contribution in [0.2, 0.25) is 0 Å². The second-order valence-corrected chi connectivity index (χ2v) is 14.3. The molecule has 4 fully saturated rings. The van der Waals surface area contributed by atoms with Crippen molar-refractivity contribution in [2.75, 3.05) is 19.7 Å². The van der Waals surface area contributed by atoms with E-state index in [9.17, 15) is 24.3 Å². The molecule has 5 rings (SSSR count). The maximum Gasteiger partial charge on any atom is 0.313 e. The summed E-state index contributed by atoms with van der Waals surface area (Å²) in [5.74, 6) is -2.99. The Morgan fingerprint density at radius 3 is 2.50 bits per heavy atom. The maximum absolute atomic E-state index is 14.8. The van der Waals surface area contributed by atoms with E-state index in [1.807, 2.05) is 49.1 Å². The molecular weight excluding hydrogens is 610 g/mol. The fraction of sp³-hybridized carbons (Fsp3) is 0.632. The van der Waals surface area contributed by atoms with Gasteiger partial charge in [0.05, 0.1) is 37.1 Å². The van der Waals surface area contributed by atoms with Crippen molar-refractivity contribution >= 4 is 23.7 Å². The molecule has 3 aliphatic heterocycles. The van der Waals surface area contributed by atoms with E-state index >= 15 is 0 Å². The Kier molecular flexibility index (Phi) is 11.8. The van der Waals surface area contributed by atoms with Crippen LogP contribution in [0.25, 0.3) is 0 Å². The molecule has 3 heterocycles. The quantitative estimate of drug-likeness (QED) is 0.197. The van der Waals surface area contributed by atoms with E-state index in [2.05, 4.69) is 18.5 Å². The van der Waals surface area contributed by atoms with Crippen LogP contribution in [-0.2, 0) is 28.7 Å². The molecule has 0 radical (unpaired) electrons. The van der Waals surface area contributed by atoms with Crippen LogP contribution in [0.5, 0.6) is 0 Å². The SMILES string of the molecule is C=CCCC(=O)NC[C@@H](OC(=O)[C@@H]1[C@@H]2CC[C@]3(O2)[C@H](C(=O)N(CC=C)C2CCCCC2)N([C@@H](CO)CC(C)C)C(=O)[C@@H]13)c1ccccc1. The number of nitrogens with one attached hydrogen (secondary N) is 1. The number of aliphatic hydroxyl groups excluding tert-OH is 1. The Morgan fingerprint density at radius 1 is 1.12 bits per heavy atom. The molecule has 1 aliphatic carbocycles. The van der Waals surface area contributed by atoms with E-state index in [1.165, 1.54) is 0 Å². The molecule has 3 saturated heterocycles. The monoisotopic (exact) mass is 663 g/mol. The molecule has 1 aromatic rings. The fourth-order valence-corrected chi connectivity index (χ4v) is 8.60. The largest absolute Gasteiger partial charge is 0.455 e. The predicted octanol–water partition coefficient (Wildman–Crippen LogP) is 4.48. The van der Waals surface area contributed by atoms with Gasteiger partial charge in [0.15, 0.2) is 0 Å². The highest BCUT2D eigenvalue weighted by Crippen LogP contribution is 2.59. The van der Waals surface area contributed by atoms with Crippen molar-refractivity contribution in [2.45, 2.75) is 114 Å². The molecule has 2 N–H and O–H groups in total. The number of carbonyl (C=O) groups is 4. The maximum atomic E-state index is 14.8. The van der Waals surface area contributed by atoms with Gasteiger partial charge in [-0.2, -0.15) is 0 Å². The van der Waals surface area contributed by atoms with Crippen LogP contribution in [0.15, 0.2) is 55.6 Å². The van der Waals surface area contributed by atoms with Gasteiger partial charge in [0, 0.05) is 19.0 Å². The topological polar surface area (TPSA) is 125 Å². The molecule has 10 heteroatoms. The number of likely N-dealkylation sites (tertiary alicyclic amines) is 1. The molecule has 1 spiro atoms. The van der Waals surface area contributed by atoms with Crippen molar-refractivity contribution in [3.8, 4) is 0 Å². The number of rotatable bonds is 16. The van der Waals surface area contributed by atoms with Gasteiger partial charge in [-0.15, -0.1) is 13.2 Å². The van der Waals surface area contributed by atoms with Crippen LogP contribution in [0, 0.1) is 17.8 Å². The van der Waals surface area contributed by atoms with Crippen molar-refractivity contribution in [2.24, 2.45) is 17.8 Å². The lowest BCUT2D eigenvalue weighted by atomic mass is 9.70. The highest BCUT2D eigenvalue weighted by molar-refractivity contribution is 5.98. The number of ether oxygens (including phenoxy) is 2. The third-order valence-electron chi connectivity index (χ3n) is 10.7. The van der Waals surface area contributed by atoms with Gasteiger partial charge >= 0.3 is 5.97 Å². The third-order valence-corrected chi connectivity index (χ3v) is 10.7. The first-order valence-electron chi connectivity index (χ1n) is 17.8. The summed E-state index contributed by atoms with van der Waals surface area (Å²) in [5.41, 5.74) is -0.492. The Hall–Kier alpha value is -3.50. The first-order valence-corrected chi connectivity index (χ1v) is 17.8. The summed E-state index contributed by atoms with van der Waals surface area (Å²) >= 11 is 0. The van der Waals surface area contributed by atoms with Crippen LogP contribution >= 0.6 is 0 Å². The minimum atomic E-state index is -1.21. The average molecular weight is 664 g/mol. The van der Waals surface area contributed by atoms with E-state index in [4.69, 9.17) is 9.47 Å². The second-order valence-electron chi connectivity index (χ2n) is 14.3. The Balaban J connectivity index is 1.47. The lowest BCUT2D eigenvalue weighted by Crippen LogP contribution is -2.60. The number of aliphatic hydroxyl groups is 1. The third kappa shape index (κ3) is 7.10. The molecule has 0 unspecified atom stereocenters. The number of hydrogen-bond acceptors (Lipinski definition) is 7. The molecule has 48 heavy (non-hydrogen) atoms. The fourth-order valence-electron chi connectivity index (χ4n) is 8.60. The van der Waals surface area contributed by atoms with Crippen molar-refractivity contribution in [3.05, 3.63) is 61.2 Å². The molecule has 1 saturated carbocycles. The number of nitrogens with zero attached hydrogens (tertiary/aromatic N) is 2. The van der Waals surface area contributed by atoms with E-state index in [-0.39, 0.29) is 49.3 Å². The minimum Gasteiger partial charge on any atom is -0.455 e. The molecule has 1 aromatic carbocycles. The predicted molar refractivity (Wildman–Crippen MR) is 181 cm³/mol. The van der Waals surface area contributed by atoms with E-state index in [0.717, 1.165) is 32.1 Å². The minimum absolute atomic E-state index is 0.0296. The van der Waals surface area contributed by atoms with Crippen molar-refractivity contribution < 1.29 is 33.8 Å². The van der Waals surface area contributed by atoms with Crippen LogP contribution in [-0.4, -0.2) is 88.1 Å². The number of esters is 1. The van der Waals surface area contributed by atoms with Crippen molar-refractivity contribution in [1.82, 2.24) is 15.1 Å². The number of fused-ring (bicyclic) bond motifs is 1. The highest BCUT2D eigenvalue weighted by atomic mass is 16.6. The summed E-state index contributed by atoms with van der Waals surface area (Å²) in [6.45, 7) is 11.8. The van der Waals surface area contributed by atoms with Gasteiger partial charge in [-0.1, -0.05) is 75.6 Å². The summed E-state index contributed by atoms with van der Waals surface area (Å²) in [5, 5.41) is 13.5. The lowest BCUT2D eigenvalue weighted by Gasteiger charge is -2.42. The molecule has 7 atom stereocenters.